The highest BCUT2D eigenvalue weighted by molar-refractivity contribution is 7.99. The SMILES string of the molecule is Cc1nc(-c2ccc3c(c2)CCN3C(=O)CSc2nnc(-c3ccc(Cl)cc3)n2N)cs1. The minimum Gasteiger partial charge on any atom is -0.335 e. The van der Waals surface area contributed by atoms with Crippen molar-refractivity contribution in [3.8, 4) is 22.6 Å². The van der Waals surface area contributed by atoms with Gasteiger partial charge in [-0.15, -0.1) is 21.5 Å². The molecule has 4 aromatic rings. The number of aryl methyl sites for hydroxylation is 1. The summed E-state index contributed by atoms with van der Waals surface area (Å²) in [5.41, 5.74) is 5.00. The Morgan fingerprint density at radius 1 is 1.19 bits per heavy atom. The third-order valence-electron chi connectivity index (χ3n) is 5.28. The fourth-order valence-corrected chi connectivity index (χ4v) is 5.17. The molecule has 7 nitrogen and oxygen atoms in total. The Kier molecular flexibility index (Phi) is 5.62. The molecule has 3 heterocycles. The van der Waals surface area contributed by atoms with Crippen LogP contribution in [0.15, 0.2) is 53.0 Å². The van der Waals surface area contributed by atoms with Gasteiger partial charge in [0, 0.05) is 33.8 Å². The van der Waals surface area contributed by atoms with Crippen LogP contribution in [0, 0.1) is 6.92 Å². The molecule has 162 valence electrons. The first-order chi connectivity index (χ1) is 15.5. The number of nitrogens with two attached hydrogens (primary N) is 1. The quantitative estimate of drug-likeness (QED) is 0.334. The number of halogens is 1. The van der Waals surface area contributed by atoms with Crippen molar-refractivity contribution in [1.29, 1.82) is 0 Å². The van der Waals surface area contributed by atoms with Crippen molar-refractivity contribution < 1.29 is 4.79 Å². The summed E-state index contributed by atoms with van der Waals surface area (Å²) in [6.07, 6.45) is 0.830. The average Bonchev–Trinajstić information content (AvgIpc) is 3.51. The number of fused-ring (bicyclic) bond motifs is 1. The third-order valence-corrected chi connectivity index (χ3v) is 7.24. The molecule has 0 aliphatic carbocycles. The van der Waals surface area contributed by atoms with E-state index in [1.54, 1.807) is 23.5 Å². The number of carbonyl (C=O) groups excluding carboxylic acids is 1. The van der Waals surface area contributed by atoms with E-state index in [9.17, 15) is 4.79 Å². The van der Waals surface area contributed by atoms with Gasteiger partial charge in [0.05, 0.1) is 16.5 Å². The van der Waals surface area contributed by atoms with Crippen molar-refractivity contribution in [2.45, 2.75) is 18.5 Å². The number of thiazole rings is 1. The zero-order valence-electron chi connectivity index (χ0n) is 17.2. The normalized spacial score (nSPS) is 12.9. The Morgan fingerprint density at radius 3 is 2.72 bits per heavy atom. The first kappa shape index (κ1) is 21.0. The number of amides is 1. The van der Waals surface area contributed by atoms with E-state index in [2.05, 4.69) is 26.6 Å². The summed E-state index contributed by atoms with van der Waals surface area (Å²) in [4.78, 5) is 19.3. The molecule has 0 saturated carbocycles. The van der Waals surface area contributed by atoms with Crippen LogP contribution in [0.4, 0.5) is 5.69 Å². The summed E-state index contributed by atoms with van der Waals surface area (Å²) in [5.74, 6) is 6.93. The number of thioether (sulfide) groups is 1. The van der Waals surface area contributed by atoms with Gasteiger partial charge in [0.2, 0.25) is 11.1 Å². The summed E-state index contributed by atoms with van der Waals surface area (Å²) < 4.78 is 1.40. The summed E-state index contributed by atoms with van der Waals surface area (Å²) in [6.45, 7) is 2.67. The molecule has 1 aliphatic rings. The number of nitrogens with zero attached hydrogens (tertiary/aromatic N) is 5. The van der Waals surface area contributed by atoms with Crippen molar-refractivity contribution in [3.63, 3.8) is 0 Å². The van der Waals surface area contributed by atoms with Gasteiger partial charge in [-0.2, -0.15) is 0 Å². The zero-order valence-corrected chi connectivity index (χ0v) is 19.5. The van der Waals surface area contributed by atoms with Crippen molar-refractivity contribution in [2.24, 2.45) is 0 Å². The molecule has 0 saturated heterocycles. The van der Waals surface area contributed by atoms with E-state index in [0.29, 0.717) is 22.5 Å². The van der Waals surface area contributed by atoms with Gasteiger partial charge in [0.15, 0.2) is 5.82 Å². The molecule has 0 radical (unpaired) electrons. The van der Waals surface area contributed by atoms with Gasteiger partial charge in [0.25, 0.3) is 0 Å². The Labute approximate surface area is 198 Å². The maximum atomic E-state index is 12.9. The van der Waals surface area contributed by atoms with Gasteiger partial charge in [-0.1, -0.05) is 29.4 Å². The second kappa shape index (κ2) is 8.57. The van der Waals surface area contributed by atoms with E-state index in [4.69, 9.17) is 17.4 Å². The van der Waals surface area contributed by atoms with Crippen LogP contribution >= 0.6 is 34.7 Å². The smallest absolute Gasteiger partial charge is 0.237 e. The predicted octanol–water partition coefficient (Wildman–Crippen LogP) is 4.43. The van der Waals surface area contributed by atoms with E-state index < -0.39 is 0 Å². The first-order valence-electron chi connectivity index (χ1n) is 9.94. The molecule has 10 heteroatoms. The topological polar surface area (TPSA) is 89.9 Å². The highest BCUT2D eigenvalue weighted by Gasteiger charge is 2.26. The van der Waals surface area contributed by atoms with Gasteiger partial charge < -0.3 is 10.7 Å². The van der Waals surface area contributed by atoms with Crippen LogP contribution in [0.2, 0.25) is 5.02 Å². The Morgan fingerprint density at radius 2 is 1.97 bits per heavy atom. The van der Waals surface area contributed by atoms with Crippen LogP contribution in [0.1, 0.15) is 10.6 Å². The predicted molar refractivity (Wildman–Crippen MR) is 130 cm³/mol. The van der Waals surface area contributed by atoms with Crippen LogP contribution in [0.5, 0.6) is 0 Å². The largest absolute Gasteiger partial charge is 0.335 e. The van der Waals surface area contributed by atoms with E-state index in [1.807, 2.05) is 36.1 Å². The van der Waals surface area contributed by atoms with Crippen LogP contribution < -0.4 is 10.7 Å². The summed E-state index contributed by atoms with van der Waals surface area (Å²) in [7, 11) is 0. The van der Waals surface area contributed by atoms with Gasteiger partial charge in [0.1, 0.15) is 0 Å². The molecule has 0 fully saturated rings. The molecule has 0 unspecified atom stereocenters. The van der Waals surface area contributed by atoms with Crippen molar-refractivity contribution in [2.75, 3.05) is 23.0 Å². The van der Waals surface area contributed by atoms with Gasteiger partial charge in [-0.3, -0.25) is 4.79 Å². The molecule has 1 amide bonds. The fourth-order valence-electron chi connectivity index (χ4n) is 3.69. The van der Waals surface area contributed by atoms with E-state index in [-0.39, 0.29) is 11.7 Å². The van der Waals surface area contributed by atoms with Crippen molar-refractivity contribution >= 4 is 46.3 Å². The van der Waals surface area contributed by atoms with Gasteiger partial charge in [-0.25, -0.2) is 9.66 Å². The maximum absolute atomic E-state index is 12.9. The van der Waals surface area contributed by atoms with E-state index in [1.165, 1.54) is 22.0 Å². The maximum Gasteiger partial charge on any atom is 0.237 e. The molecule has 2 aromatic heterocycles. The number of hydrogen-bond donors (Lipinski definition) is 1. The molecular formula is C22H19ClN6OS2. The standard InChI is InChI=1S/C22H19ClN6OS2/c1-13-25-18(11-31-13)15-4-7-19-16(10-15)8-9-28(19)20(30)12-32-22-27-26-21(29(22)24)14-2-5-17(23)6-3-14/h2-7,10-11H,8-9,12,24H2,1H3. The minimum atomic E-state index is 0.0158. The lowest BCUT2D eigenvalue weighted by molar-refractivity contribution is -0.116. The van der Waals surface area contributed by atoms with Crippen LogP contribution in [-0.4, -0.2) is 38.1 Å². The average molecular weight is 483 g/mol. The van der Waals surface area contributed by atoms with E-state index in [0.717, 1.165) is 33.9 Å². The lowest BCUT2D eigenvalue weighted by Gasteiger charge is -2.17. The summed E-state index contributed by atoms with van der Waals surface area (Å²) in [6, 6.07) is 13.4. The first-order valence-corrected chi connectivity index (χ1v) is 12.2. The lowest BCUT2D eigenvalue weighted by atomic mass is 10.1. The number of benzene rings is 2. The zero-order chi connectivity index (χ0) is 22.2. The number of anilines is 1. The van der Waals surface area contributed by atoms with Crippen molar-refractivity contribution in [1.82, 2.24) is 19.9 Å². The summed E-state index contributed by atoms with van der Waals surface area (Å²) >= 11 is 8.86. The molecule has 0 atom stereocenters. The number of nitrogen functional groups attached to an aromatic ring is 1. The highest BCUT2D eigenvalue weighted by Crippen LogP contribution is 2.33. The molecule has 0 bridgehead atoms. The Bertz CT molecular complexity index is 1300. The third kappa shape index (κ3) is 3.99. The van der Waals surface area contributed by atoms with Crippen LogP contribution in [0.25, 0.3) is 22.6 Å². The molecule has 2 N–H and O–H groups in total. The second-order valence-corrected chi connectivity index (χ2v) is 9.80. The van der Waals surface area contributed by atoms with Crippen LogP contribution in [-0.2, 0) is 11.2 Å². The van der Waals surface area contributed by atoms with E-state index >= 15 is 0 Å². The number of aromatic nitrogens is 4. The van der Waals surface area contributed by atoms with Gasteiger partial charge >= 0.3 is 0 Å². The monoisotopic (exact) mass is 482 g/mol. The Hall–Kier alpha value is -2.88. The number of rotatable bonds is 5. The lowest BCUT2D eigenvalue weighted by Crippen LogP contribution is -2.30. The van der Waals surface area contributed by atoms with Crippen molar-refractivity contribution in [3.05, 3.63) is 63.4 Å². The van der Waals surface area contributed by atoms with Gasteiger partial charge in [-0.05, 0) is 55.3 Å². The minimum absolute atomic E-state index is 0.0158. The molecule has 2 aromatic carbocycles. The molecule has 0 spiro atoms. The Balaban J connectivity index is 1.28. The molecular weight excluding hydrogens is 464 g/mol. The van der Waals surface area contributed by atoms with Crippen LogP contribution in [0.3, 0.4) is 0 Å². The second-order valence-electron chi connectivity index (χ2n) is 7.36. The number of carbonyl (C=O) groups is 1. The molecule has 5 rings (SSSR count). The number of hydrogen-bond acceptors (Lipinski definition) is 7. The fraction of sp³-hybridized carbons (Fsp3) is 0.182. The molecule has 32 heavy (non-hydrogen) atoms. The summed E-state index contributed by atoms with van der Waals surface area (Å²) in [5, 5.41) is 12.5. The highest BCUT2D eigenvalue weighted by atomic mass is 35.5. The molecule has 1 aliphatic heterocycles.